The first-order valence-electron chi connectivity index (χ1n) is 9.45. The minimum atomic E-state index is -1.69. The number of alkyl halides is 1. The number of nitrogens with two attached hydrogens (primary N) is 2. The van der Waals surface area contributed by atoms with Crippen molar-refractivity contribution in [3.05, 3.63) is 47.5 Å². The second kappa shape index (κ2) is 7.59. The van der Waals surface area contributed by atoms with Gasteiger partial charge in [-0.15, -0.1) is 0 Å². The van der Waals surface area contributed by atoms with Crippen LogP contribution in [-0.4, -0.2) is 49.6 Å². The molecule has 160 valence electrons. The molecular formula is C20H18BrFN6O3. The number of rotatable bonds is 4. The lowest BCUT2D eigenvalue weighted by Gasteiger charge is -2.16. The molecule has 1 aliphatic heterocycles. The molecule has 1 saturated heterocycles. The molecule has 9 nitrogen and oxygen atoms in total. The summed E-state index contributed by atoms with van der Waals surface area (Å²) in [5.41, 5.74) is 13.5. The number of aliphatic hydroxyl groups excluding tert-OH is 1. The van der Waals surface area contributed by atoms with Crippen LogP contribution in [0.3, 0.4) is 0 Å². The molecule has 4 aromatic rings. The maximum absolute atomic E-state index is 15.0. The van der Waals surface area contributed by atoms with E-state index in [0.29, 0.717) is 32.5 Å². The van der Waals surface area contributed by atoms with Gasteiger partial charge < -0.3 is 30.6 Å². The van der Waals surface area contributed by atoms with Gasteiger partial charge in [-0.2, -0.15) is 0 Å². The summed E-state index contributed by atoms with van der Waals surface area (Å²) >= 11 is 3.39. The Morgan fingerprint density at radius 2 is 2.06 bits per heavy atom. The zero-order chi connectivity index (χ0) is 21.7. The molecule has 5 N–H and O–H groups in total. The number of pyridine rings is 1. The second-order valence-electron chi connectivity index (χ2n) is 7.23. The number of hydrogen-bond acceptors (Lipinski definition) is 8. The number of nitrogens with zero attached hydrogens (tertiary/aromatic N) is 4. The number of benzene rings is 1. The summed E-state index contributed by atoms with van der Waals surface area (Å²) in [5, 5.41) is 11.8. The van der Waals surface area contributed by atoms with E-state index in [4.69, 9.17) is 20.9 Å². The molecule has 3 aromatic heterocycles. The molecule has 4 atom stereocenters. The van der Waals surface area contributed by atoms with Gasteiger partial charge in [0.2, 0.25) is 0 Å². The van der Waals surface area contributed by atoms with Crippen LogP contribution in [0.5, 0.6) is 5.75 Å². The Bertz CT molecular complexity index is 1280. The van der Waals surface area contributed by atoms with Crippen molar-refractivity contribution < 1.29 is 19.0 Å². The van der Waals surface area contributed by atoms with E-state index in [-0.39, 0.29) is 12.4 Å². The first kappa shape index (κ1) is 19.9. The Morgan fingerprint density at radius 3 is 2.90 bits per heavy atom. The fourth-order valence-electron chi connectivity index (χ4n) is 3.74. The van der Waals surface area contributed by atoms with E-state index in [0.717, 1.165) is 5.39 Å². The SMILES string of the molecule is Nc1ccnc2cc(OC[C@H]3O[C@@H](n4cc(Br)c5c(N)ncnc54)[C@@H](F)[C@@H]3O)ccc12. The standard InChI is InChI=1S/C20H18BrFN6O3/c21-11-6-28(19-15(11)18(24)26-8-27-19)20-16(22)17(29)14(31-20)7-30-9-1-2-10-12(23)3-4-25-13(10)5-9/h1-6,8,14,16-17,20,29H,7H2,(H2,23,25)(H2,24,26,27)/t14-,16+,17-,20-/m1/s1. The van der Waals surface area contributed by atoms with E-state index < -0.39 is 24.6 Å². The van der Waals surface area contributed by atoms with Crippen LogP contribution in [0.2, 0.25) is 0 Å². The highest BCUT2D eigenvalue weighted by Gasteiger charge is 2.46. The lowest BCUT2D eigenvalue weighted by Crippen LogP contribution is -2.32. The monoisotopic (exact) mass is 488 g/mol. The maximum Gasteiger partial charge on any atom is 0.173 e. The van der Waals surface area contributed by atoms with Crippen molar-refractivity contribution in [1.29, 1.82) is 0 Å². The number of halogens is 2. The molecule has 1 fully saturated rings. The number of aromatic nitrogens is 4. The van der Waals surface area contributed by atoms with Gasteiger partial charge in [-0.05, 0) is 34.1 Å². The highest BCUT2D eigenvalue weighted by molar-refractivity contribution is 9.10. The van der Waals surface area contributed by atoms with Crippen LogP contribution < -0.4 is 16.2 Å². The minimum absolute atomic E-state index is 0.0522. The van der Waals surface area contributed by atoms with Crippen molar-refractivity contribution in [2.24, 2.45) is 0 Å². The fourth-order valence-corrected chi connectivity index (χ4v) is 4.34. The summed E-state index contributed by atoms with van der Waals surface area (Å²) in [6.45, 7) is -0.0522. The third-order valence-corrected chi connectivity index (χ3v) is 5.92. The van der Waals surface area contributed by atoms with Crippen molar-refractivity contribution in [2.45, 2.75) is 24.6 Å². The van der Waals surface area contributed by atoms with Gasteiger partial charge in [0.05, 0.1) is 10.9 Å². The summed E-state index contributed by atoms with van der Waals surface area (Å²) in [7, 11) is 0. The summed E-state index contributed by atoms with van der Waals surface area (Å²) < 4.78 is 28.6. The molecule has 4 heterocycles. The van der Waals surface area contributed by atoms with E-state index in [1.807, 2.05) is 0 Å². The van der Waals surface area contributed by atoms with Crippen molar-refractivity contribution in [2.75, 3.05) is 18.1 Å². The average molecular weight is 489 g/mol. The Kier molecular flexibility index (Phi) is 4.88. The van der Waals surface area contributed by atoms with Gasteiger partial charge in [0, 0.05) is 34.0 Å². The zero-order valence-electron chi connectivity index (χ0n) is 16.0. The molecule has 0 bridgehead atoms. The van der Waals surface area contributed by atoms with Crippen molar-refractivity contribution in [3.8, 4) is 5.75 Å². The van der Waals surface area contributed by atoms with Crippen LogP contribution in [-0.2, 0) is 4.74 Å². The molecule has 0 spiro atoms. The molecule has 5 rings (SSSR count). The lowest BCUT2D eigenvalue weighted by molar-refractivity contribution is -0.0411. The van der Waals surface area contributed by atoms with Gasteiger partial charge in [-0.3, -0.25) is 4.98 Å². The normalized spacial score (nSPS) is 23.6. The number of aliphatic hydroxyl groups is 1. The Balaban J connectivity index is 1.36. The molecule has 11 heteroatoms. The Morgan fingerprint density at radius 1 is 1.23 bits per heavy atom. The highest BCUT2D eigenvalue weighted by atomic mass is 79.9. The topological polar surface area (TPSA) is 134 Å². The quantitative estimate of drug-likeness (QED) is 0.398. The van der Waals surface area contributed by atoms with Gasteiger partial charge in [0.15, 0.2) is 12.4 Å². The molecule has 31 heavy (non-hydrogen) atoms. The highest BCUT2D eigenvalue weighted by Crippen LogP contribution is 2.38. The van der Waals surface area contributed by atoms with E-state index in [1.165, 1.54) is 10.9 Å². The van der Waals surface area contributed by atoms with Crippen LogP contribution >= 0.6 is 15.9 Å². The van der Waals surface area contributed by atoms with Crippen molar-refractivity contribution >= 4 is 49.4 Å². The number of anilines is 2. The first-order chi connectivity index (χ1) is 14.9. The van der Waals surface area contributed by atoms with Crippen molar-refractivity contribution in [1.82, 2.24) is 19.5 Å². The van der Waals surface area contributed by atoms with E-state index in [9.17, 15) is 9.50 Å². The van der Waals surface area contributed by atoms with Gasteiger partial charge in [0.1, 0.15) is 42.4 Å². The fraction of sp³-hybridized carbons (Fsp3) is 0.250. The van der Waals surface area contributed by atoms with Crippen LogP contribution in [0.25, 0.3) is 21.9 Å². The second-order valence-corrected chi connectivity index (χ2v) is 8.09. The third kappa shape index (κ3) is 3.34. The molecule has 0 radical (unpaired) electrons. The number of nitrogen functional groups attached to an aromatic ring is 2. The molecule has 0 aliphatic carbocycles. The van der Waals surface area contributed by atoms with Crippen LogP contribution in [0, 0.1) is 0 Å². The number of fused-ring (bicyclic) bond motifs is 2. The molecule has 0 saturated carbocycles. The van der Waals surface area contributed by atoms with E-state index >= 15 is 0 Å². The van der Waals surface area contributed by atoms with E-state index in [1.54, 1.807) is 36.7 Å². The number of hydrogen-bond donors (Lipinski definition) is 3. The minimum Gasteiger partial charge on any atom is -0.491 e. The zero-order valence-corrected chi connectivity index (χ0v) is 17.6. The summed E-state index contributed by atoms with van der Waals surface area (Å²) in [5.74, 6) is 0.768. The molecule has 1 aliphatic rings. The molecule has 1 aromatic carbocycles. The van der Waals surface area contributed by atoms with Crippen LogP contribution in [0.15, 0.2) is 47.5 Å². The predicted molar refractivity (Wildman–Crippen MR) is 116 cm³/mol. The summed E-state index contributed by atoms with van der Waals surface area (Å²) in [6.07, 6.45) is -0.535. The molecule has 0 unspecified atom stereocenters. The van der Waals surface area contributed by atoms with Crippen LogP contribution in [0.4, 0.5) is 15.9 Å². The van der Waals surface area contributed by atoms with Crippen molar-refractivity contribution in [3.63, 3.8) is 0 Å². The third-order valence-electron chi connectivity index (χ3n) is 5.32. The Labute approximate surface area is 183 Å². The lowest BCUT2D eigenvalue weighted by atomic mass is 10.1. The summed E-state index contributed by atoms with van der Waals surface area (Å²) in [6, 6.07) is 6.98. The maximum atomic E-state index is 15.0. The number of ether oxygens (including phenoxy) is 2. The summed E-state index contributed by atoms with van der Waals surface area (Å²) in [4.78, 5) is 12.4. The average Bonchev–Trinajstić information content (AvgIpc) is 3.24. The van der Waals surface area contributed by atoms with E-state index in [2.05, 4.69) is 30.9 Å². The van der Waals surface area contributed by atoms with Gasteiger partial charge in [-0.25, -0.2) is 14.4 Å². The predicted octanol–water partition coefficient (Wildman–Crippen LogP) is 2.58. The molecule has 0 amide bonds. The smallest absolute Gasteiger partial charge is 0.173 e. The Hall–Kier alpha value is -3.02. The van der Waals surface area contributed by atoms with Gasteiger partial charge in [0.25, 0.3) is 0 Å². The molecular weight excluding hydrogens is 471 g/mol. The largest absolute Gasteiger partial charge is 0.491 e. The first-order valence-corrected chi connectivity index (χ1v) is 10.2. The van der Waals surface area contributed by atoms with Gasteiger partial charge >= 0.3 is 0 Å². The van der Waals surface area contributed by atoms with Crippen LogP contribution in [0.1, 0.15) is 6.23 Å². The van der Waals surface area contributed by atoms with Gasteiger partial charge in [-0.1, -0.05) is 0 Å².